The standard InChI is InChI=1S/C19H25N3O2/c1-23-18-6-4-17(5-7-18)19(22-9-11-24-12-10-22)15-21-14-16-3-2-8-20-13-16/h2-8,13,19,21H,9-12,14-15H2,1H3. The molecule has 3 rings (SSSR count). The molecule has 1 atom stereocenters. The highest BCUT2D eigenvalue weighted by Gasteiger charge is 2.22. The smallest absolute Gasteiger partial charge is 0.118 e. The number of methoxy groups -OCH3 is 1. The minimum Gasteiger partial charge on any atom is -0.497 e. The third-order valence-electron chi connectivity index (χ3n) is 4.38. The molecule has 24 heavy (non-hydrogen) atoms. The van der Waals surface area contributed by atoms with Crippen LogP contribution in [0.2, 0.25) is 0 Å². The first-order chi connectivity index (χ1) is 11.9. The van der Waals surface area contributed by atoms with Crippen LogP contribution >= 0.6 is 0 Å². The van der Waals surface area contributed by atoms with Gasteiger partial charge in [-0.1, -0.05) is 18.2 Å². The Kier molecular flexibility index (Phi) is 6.18. The van der Waals surface area contributed by atoms with Gasteiger partial charge in [0.05, 0.1) is 20.3 Å². The van der Waals surface area contributed by atoms with Crippen molar-refractivity contribution in [3.8, 4) is 5.75 Å². The molecule has 2 aromatic rings. The van der Waals surface area contributed by atoms with Crippen LogP contribution in [0.4, 0.5) is 0 Å². The number of rotatable bonds is 7. The van der Waals surface area contributed by atoms with Crippen LogP contribution in [0.5, 0.6) is 5.75 Å². The molecule has 1 fully saturated rings. The lowest BCUT2D eigenvalue weighted by Crippen LogP contribution is -2.42. The summed E-state index contributed by atoms with van der Waals surface area (Å²) in [5, 5.41) is 3.57. The van der Waals surface area contributed by atoms with Gasteiger partial charge in [0, 0.05) is 44.6 Å². The van der Waals surface area contributed by atoms with Crippen LogP contribution in [-0.2, 0) is 11.3 Å². The lowest BCUT2D eigenvalue weighted by molar-refractivity contribution is 0.0161. The first-order valence-corrected chi connectivity index (χ1v) is 8.42. The minimum absolute atomic E-state index is 0.330. The average Bonchev–Trinajstić information content (AvgIpc) is 2.67. The molecule has 1 aromatic heterocycles. The third kappa shape index (κ3) is 4.54. The predicted octanol–water partition coefficient (Wildman–Crippen LogP) is 2.25. The van der Waals surface area contributed by atoms with E-state index in [9.17, 15) is 0 Å². The van der Waals surface area contributed by atoms with Gasteiger partial charge in [0.15, 0.2) is 0 Å². The van der Waals surface area contributed by atoms with Gasteiger partial charge in [-0.2, -0.15) is 0 Å². The minimum atomic E-state index is 0.330. The quantitative estimate of drug-likeness (QED) is 0.845. The summed E-state index contributed by atoms with van der Waals surface area (Å²) in [4.78, 5) is 6.66. The van der Waals surface area contributed by atoms with E-state index in [1.54, 1.807) is 13.3 Å². The zero-order valence-corrected chi connectivity index (χ0v) is 14.1. The molecule has 1 saturated heterocycles. The highest BCUT2D eigenvalue weighted by molar-refractivity contribution is 5.29. The molecule has 0 bridgehead atoms. The van der Waals surface area contributed by atoms with Crippen molar-refractivity contribution in [3.05, 3.63) is 59.9 Å². The largest absolute Gasteiger partial charge is 0.497 e. The molecule has 0 spiro atoms. The molecule has 0 radical (unpaired) electrons. The number of hydrogen-bond donors (Lipinski definition) is 1. The normalized spacial score (nSPS) is 16.7. The Morgan fingerprint density at radius 2 is 2.00 bits per heavy atom. The Labute approximate surface area is 143 Å². The fourth-order valence-electron chi connectivity index (χ4n) is 3.03. The van der Waals surface area contributed by atoms with Crippen LogP contribution in [0.1, 0.15) is 17.2 Å². The van der Waals surface area contributed by atoms with E-state index >= 15 is 0 Å². The van der Waals surface area contributed by atoms with Crippen LogP contribution in [0, 0.1) is 0 Å². The number of hydrogen-bond acceptors (Lipinski definition) is 5. The van der Waals surface area contributed by atoms with Gasteiger partial charge in [0.1, 0.15) is 5.75 Å². The summed E-state index contributed by atoms with van der Waals surface area (Å²) in [6, 6.07) is 12.8. The number of pyridine rings is 1. The van der Waals surface area contributed by atoms with Crippen LogP contribution in [0.25, 0.3) is 0 Å². The summed E-state index contributed by atoms with van der Waals surface area (Å²) >= 11 is 0. The van der Waals surface area contributed by atoms with Gasteiger partial charge in [0.2, 0.25) is 0 Å². The van der Waals surface area contributed by atoms with E-state index in [4.69, 9.17) is 9.47 Å². The van der Waals surface area contributed by atoms with Crippen molar-refractivity contribution in [1.29, 1.82) is 0 Å². The SMILES string of the molecule is COc1ccc(C(CNCc2cccnc2)N2CCOCC2)cc1. The molecule has 1 aromatic carbocycles. The Balaban J connectivity index is 1.66. The second kappa shape index (κ2) is 8.78. The topological polar surface area (TPSA) is 46.6 Å². The molecular weight excluding hydrogens is 302 g/mol. The highest BCUT2D eigenvalue weighted by atomic mass is 16.5. The molecule has 0 saturated carbocycles. The number of nitrogens with one attached hydrogen (secondary N) is 1. The number of nitrogens with zero attached hydrogens (tertiary/aromatic N) is 2. The Bertz CT molecular complexity index is 598. The molecule has 1 aliphatic heterocycles. The monoisotopic (exact) mass is 327 g/mol. The molecule has 128 valence electrons. The molecule has 5 heteroatoms. The molecular formula is C19H25N3O2. The number of benzene rings is 1. The van der Waals surface area contributed by atoms with E-state index in [1.807, 2.05) is 24.4 Å². The van der Waals surface area contributed by atoms with Crippen molar-refractivity contribution < 1.29 is 9.47 Å². The van der Waals surface area contributed by atoms with E-state index in [1.165, 1.54) is 11.1 Å². The Morgan fingerprint density at radius 3 is 2.67 bits per heavy atom. The zero-order valence-electron chi connectivity index (χ0n) is 14.1. The average molecular weight is 327 g/mol. The molecule has 2 heterocycles. The van der Waals surface area contributed by atoms with Gasteiger partial charge in [-0.05, 0) is 29.3 Å². The lowest BCUT2D eigenvalue weighted by atomic mass is 10.0. The summed E-state index contributed by atoms with van der Waals surface area (Å²) in [5.74, 6) is 0.891. The number of aromatic nitrogens is 1. The van der Waals surface area contributed by atoms with Crippen molar-refractivity contribution >= 4 is 0 Å². The number of morpholine rings is 1. The van der Waals surface area contributed by atoms with Crippen molar-refractivity contribution in [3.63, 3.8) is 0 Å². The summed E-state index contributed by atoms with van der Waals surface area (Å²) in [6.45, 7) is 5.24. The summed E-state index contributed by atoms with van der Waals surface area (Å²) in [7, 11) is 1.70. The van der Waals surface area contributed by atoms with E-state index in [0.717, 1.165) is 45.1 Å². The zero-order chi connectivity index (χ0) is 16.6. The van der Waals surface area contributed by atoms with Gasteiger partial charge >= 0.3 is 0 Å². The van der Waals surface area contributed by atoms with Crippen LogP contribution < -0.4 is 10.1 Å². The second-order valence-corrected chi connectivity index (χ2v) is 5.93. The van der Waals surface area contributed by atoms with E-state index in [0.29, 0.717) is 6.04 Å². The van der Waals surface area contributed by atoms with Crippen molar-refractivity contribution in [2.75, 3.05) is 40.0 Å². The van der Waals surface area contributed by atoms with Gasteiger partial charge in [-0.25, -0.2) is 0 Å². The summed E-state index contributed by atoms with van der Waals surface area (Å²) < 4.78 is 10.8. The molecule has 0 amide bonds. The maximum atomic E-state index is 5.51. The van der Waals surface area contributed by atoms with Crippen LogP contribution in [-0.4, -0.2) is 49.8 Å². The fraction of sp³-hybridized carbons (Fsp3) is 0.421. The van der Waals surface area contributed by atoms with Crippen molar-refractivity contribution in [2.45, 2.75) is 12.6 Å². The molecule has 1 unspecified atom stereocenters. The molecule has 0 aliphatic carbocycles. The molecule has 1 aliphatic rings. The van der Waals surface area contributed by atoms with E-state index < -0.39 is 0 Å². The second-order valence-electron chi connectivity index (χ2n) is 5.93. The molecule has 1 N–H and O–H groups in total. The van der Waals surface area contributed by atoms with Gasteiger partial charge < -0.3 is 14.8 Å². The van der Waals surface area contributed by atoms with Crippen molar-refractivity contribution in [1.82, 2.24) is 15.2 Å². The summed E-state index contributed by atoms with van der Waals surface area (Å²) in [5.41, 5.74) is 2.50. The first kappa shape index (κ1) is 16.9. The fourth-order valence-corrected chi connectivity index (χ4v) is 3.03. The van der Waals surface area contributed by atoms with Crippen LogP contribution in [0.15, 0.2) is 48.8 Å². The van der Waals surface area contributed by atoms with Gasteiger partial charge in [-0.3, -0.25) is 9.88 Å². The number of ether oxygens (including phenoxy) is 2. The van der Waals surface area contributed by atoms with Gasteiger partial charge in [0.25, 0.3) is 0 Å². The predicted molar refractivity (Wildman–Crippen MR) is 94.1 cm³/mol. The Hall–Kier alpha value is -1.95. The first-order valence-electron chi connectivity index (χ1n) is 8.42. The summed E-state index contributed by atoms with van der Waals surface area (Å²) in [6.07, 6.45) is 3.71. The third-order valence-corrected chi connectivity index (χ3v) is 4.38. The maximum absolute atomic E-state index is 5.51. The van der Waals surface area contributed by atoms with Gasteiger partial charge in [-0.15, -0.1) is 0 Å². The van der Waals surface area contributed by atoms with Crippen molar-refractivity contribution in [2.24, 2.45) is 0 Å². The lowest BCUT2D eigenvalue weighted by Gasteiger charge is -2.35. The van der Waals surface area contributed by atoms with Crippen LogP contribution in [0.3, 0.4) is 0 Å². The maximum Gasteiger partial charge on any atom is 0.118 e. The Morgan fingerprint density at radius 1 is 1.21 bits per heavy atom. The molecule has 5 nitrogen and oxygen atoms in total. The van der Waals surface area contributed by atoms with E-state index in [2.05, 4.69) is 33.4 Å². The highest BCUT2D eigenvalue weighted by Crippen LogP contribution is 2.23. The van der Waals surface area contributed by atoms with E-state index in [-0.39, 0.29) is 0 Å².